The lowest BCUT2D eigenvalue weighted by Crippen LogP contribution is -2.14. The first-order valence-corrected chi connectivity index (χ1v) is 6.37. The van der Waals surface area contributed by atoms with Crippen LogP contribution in [-0.2, 0) is 6.42 Å². The molecule has 0 bridgehead atoms. The fourth-order valence-electron chi connectivity index (χ4n) is 1.85. The number of hydrogen-bond donors (Lipinski definition) is 1. The van der Waals surface area contributed by atoms with Crippen molar-refractivity contribution in [2.75, 3.05) is 0 Å². The Morgan fingerprint density at radius 3 is 2.26 bits per heavy atom. The quantitative estimate of drug-likeness (QED) is 0.886. The molecule has 0 aliphatic heterocycles. The van der Waals surface area contributed by atoms with Gasteiger partial charge in [-0.2, -0.15) is 0 Å². The maximum atomic E-state index is 13.2. The van der Waals surface area contributed by atoms with Gasteiger partial charge < -0.3 is 5.73 Å². The van der Waals surface area contributed by atoms with Gasteiger partial charge in [0.1, 0.15) is 11.6 Å². The normalized spacial score (nSPS) is 12.5. The molecule has 0 amide bonds. The standard InChI is InChI=1S/C14H11Cl2F2N/c15-12-4-2-9(17)5-8(12)6-14(19)11-3-1-10(18)7-13(11)16/h1-5,7,14H,6,19H2. The molecule has 0 saturated heterocycles. The molecule has 100 valence electrons. The molecule has 0 heterocycles. The molecule has 1 atom stereocenters. The minimum atomic E-state index is -0.479. The van der Waals surface area contributed by atoms with Gasteiger partial charge in [0.2, 0.25) is 0 Å². The van der Waals surface area contributed by atoms with E-state index in [9.17, 15) is 8.78 Å². The Morgan fingerprint density at radius 1 is 0.947 bits per heavy atom. The highest BCUT2D eigenvalue weighted by Gasteiger charge is 2.14. The summed E-state index contributed by atoms with van der Waals surface area (Å²) in [5.41, 5.74) is 7.20. The molecule has 19 heavy (non-hydrogen) atoms. The van der Waals surface area contributed by atoms with Crippen LogP contribution in [0.1, 0.15) is 17.2 Å². The van der Waals surface area contributed by atoms with Crippen LogP contribution in [0.2, 0.25) is 10.0 Å². The largest absolute Gasteiger partial charge is 0.324 e. The predicted octanol–water partition coefficient (Wildman–Crippen LogP) is 4.51. The first kappa shape index (κ1) is 14.3. The number of rotatable bonds is 3. The van der Waals surface area contributed by atoms with Crippen LogP contribution in [0.3, 0.4) is 0 Å². The Labute approximate surface area is 119 Å². The number of halogens is 4. The molecule has 2 rings (SSSR count). The third-order valence-electron chi connectivity index (χ3n) is 2.81. The Kier molecular flexibility index (Phi) is 4.40. The van der Waals surface area contributed by atoms with Crippen molar-refractivity contribution in [3.8, 4) is 0 Å². The van der Waals surface area contributed by atoms with Crippen LogP contribution >= 0.6 is 23.2 Å². The van der Waals surface area contributed by atoms with Crippen LogP contribution in [0.15, 0.2) is 36.4 Å². The maximum absolute atomic E-state index is 13.2. The summed E-state index contributed by atoms with van der Waals surface area (Å²) in [7, 11) is 0. The van der Waals surface area contributed by atoms with Crippen molar-refractivity contribution >= 4 is 23.2 Å². The highest BCUT2D eigenvalue weighted by Crippen LogP contribution is 2.27. The van der Waals surface area contributed by atoms with Crippen molar-refractivity contribution in [2.24, 2.45) is 5.73 Å². The third kappa shape index (κ3) is 3.44. The summed E-state index contributed by atoms with van der Waals surface area (Å²) < 4.78 is 26.1. The van der Waals surface area contributed by atoms with Gasteiger partial charge in [-0.05, 0) is 47.9 Å². The van der Waals surface area contributed by atoms with Gasteiger partial charge in [-0.15, -0.1) is 0 Å². The first-order valence-electron chi connectivity index (χ1n) is 5.62. The predicted molar refractivity (Wildman–Crippen MR) is 73.5 cm³/mol. The first-order chi connectivity index (χ1) is 8.97. The second kappa shape index (κ2) is 5.87. The van der Waals surface area contributed by atoms with Crippen molar-refractivity contribution in [3.05, 3.63) is 69.2 Å². The van der Waals surface area contributed by atoms with Crippen LogP contribution in [-0.4, -0.2) is 0 Å². The van der Waals surface area contributed by atoms with E-state index in [1.54, 1.807) is 0 Å². The summed E-state index contributed by atoms with van der Waals surface area (Å²) in [5, 5.41) is 0.690. The van der Waals surface area contributed by atoms with Crippen molar-refractivity contribution in [2.45, 2.75) is 12.5 Å². The van der Waals surface area contributed by atoms with E-state index < -0.39 is 11.9 Å². The average Bonchev–Trinajstić information content (AvgIpc) is 2.33. The molecular formula is C14H11Cl2F2N. The van der Waals surface area contributed by atoms with Gasteiger partial charge in [0.05, 0.1) is 0 Å². The molecular weight excluding hydrogens is 291 g/mol. The topological polar surface area (TPSA) is 26.0 Å². The van der Waals surface area contributed by atoms with Crippen LogP contribution < -0.4 is 5.73 Å². The molecule has 0 aliphatic carbocycles. The third-order valence-corrected chi connectivity index (χ3v) is 3.51. The summed E-state index contributed by atoms with van der Waals surface area (Å²) in [4.78, 5) is 0. The molecule has 2 N–H and O–H groups in total. The Balaban J connectivity index is 2.25. The van der Waals surface area contributed by atoms with E-state index in [1.807, 2.05) is 0 Å². The molecule has 0 aromatic heterocycles. The summed E-state index contributed by atoms with van der Waals surface area (Å²) in [6, 6.07) is 7.62. The van der Waals surface area contributed by atoms with E-state index in [2.05, 4.69) is 0 Å². The van der Waals surface area contributed by atoms with Gasteiger partial charge in [0, 0.05) is 16.1 Å². The van der Waals surface area contributed by atoms with Crippen molar-refractivity contribution in [3.63, 3.8) is 0 Å². The summed E-state index contributed by atoms with van der Waals surface area (Å²) in [5.74, 6) is -0.804. The monoisotopic (exact) mass is 301 g/mol. The van der Waals surface area contributed by atoms with Crippen LogP contribution in [0.25, 0.3) is 0 Å². The van der Waals surface area contributed by atoms with Crippen molar-refractivity contribution in [1.82, 2.24) is 0 Å². The van der Waals surface area contributed by atoms with E-state index in [-0.39, 0.29) is 10.8 Å². The second-order valence-corrected chi connectivity index (χ2v) is 5.03. The molecule has 1 nitrogen and oxygen atoms in total. The molecule has 0 spiro atoms. The lowest BCUT2D eigenvalue weighted by Gasteiger charge is -2.15. The van der Waals surface area contributed by atoms with Gasteiger partial charge in [-0.25, -0.2) is 8.78 Å². The zero-order valence-electron chi connectivity index (χ0n) is 9.84. The van der Waals surface area contributed by atoms with Gasteiger partial charge in [0.25, 0.3) is 0 Å². The molecule has 0 aliphatic rings. The van der Waals surface area contributed by atoms with Crippen molar-refractivity contribution < 1.29 is 8.78 Å². The van der Waals surface area contributed by atoms with Gasteiger partial charge in [-0.3, -0.25) is 0 Å². The van der Waals surface area contributed by atoms with E-state index in [0.717, 1.165) is 0 Å². The lowest BCUT2D eigenvalue weighted by molar-refractivity contribution is 0.620. The fourth-order valence-corrected chi connectivity index (χ4v) is 2.35. The highest BCUT2D eigenvalue weighted by molar-refractivity contribution is 6.31. The van der Waals surface area contributed by atoms with Crippen LogP contribution in [0.5, 0.6) is 0 Å². The Morgan fingerprint density at radius 2 is 1.58 bits per heavy atom. The summed E-state index contributed by atoms with van der Waals surface area (Å²) in [6.45, 7) is 0. The smallest absolute Gasteiger partial charge is 0.124 e. The number of nitrogens with two attached hydrogens (primary N) is 1. The second-order valence-electron chi connectivity index (χ2n) is 4.21. The van der Waals surface area contributed by atoms with Gasteiger partial charge in [0.15, 0.2) is 0 Å². The van der Waals surface area contributed by atoms with Crippen LogP contribution in [0.4, 0.5) is 8.78 Å². The van der Waals surface area contributed by atoms with E-state index in [4.69, 9.17) is 28.9 Å². The fraction of sp³-hybridized carbons (Fsp3) is 0.143. The van der Waals surface area contributed by atoms with E-state index in [0.29, 0.717) is 22.6 Å². The average molecular weight is 302 g/mol. The highest BCUT2D eigenvalue weighted by atomic mass is 35.5. The lowest BCUT2D eigenvalue weighted by atomic mass is 9.99. The number of benzene rings is 2. The van der Waals surface area contributed by atoms with Crippen molar-refractivity contribution in [1.29, 1.82) is 0 Å². The molecule has 1 unspecified atom stereocenters. The maximum Gasteiger partial charge on any atom is 0.124 e. The van der Waals surface area contributed by atoms with E-state index >= 15 is 0 Å². The molecule has 5 heteroatoms. The van der Waals surface area contributed by atoms with E-state index in [1.165, 1.54) is 36.4 Å². The summed E-state index contributed by atoms with van der Waals surface area (Å²) in [6.07, 6.45) is 0.321. The summed E-state index contributed by atoms with van der Waals surface area (Å²) >= 11 is 11.9. The minimum absolute atomic E-state index is 0.250. The van der Waals surface area contributed by atoms with Crippen LogP contribution in [0, 0.1) is 11.6 Å². The molecule has 2 aromatic carbocycles. The SMILES string of the molecule is NC(Cc1cc(F)ccc1Cl)c1ccc(F)cc1Cl. The Bertz CT molecular complexity index is 602. The van der Waals surface area contributed by atoms with Gasteiger partial charge >= 0.3 is 0 Å². The molecule has 0 saturated carbocycles. The molecule has 0 fully saturated rings. The minimum Gasteiger partial charge on any atom is -0.324 e. The molecule has 2 aromatic rings. The van der Waals surface area contributed by atoms with Gasteiger partial charge in [-0.1, -0.05) is 29.3 Å². The number of hydrogen-bond acceptors (Lipinski definition) is 1. The molecule has 0 radical (unpaired) electrons. The Hall–Kier alpha value is -1.16. The zero-order chi connectivity index (χ0) is 14.0. The zero-order valence-corrected chi connectivity index (χ0v) is 11.3.